The molecule has 5 heteroatoms. The highest BCUT2D eigenvalue weighted by Gasteiger charge is 2.10. The fourth-order valence-corrected chi connectivity index (χ4v) is 2.06. The molecule has 1 aromatic heterocycles. The van der Waals surface area contributed by atoms with Gasteiger partial charge in [0.2, 0.25) is 0 Å². The SMILES string of the molecule is CCSc1nnc(-c2ccc(F)cc2)n1C. The van der Waals surface area contributed by atoms with E-state index in [9.17, 15) is 4.39 Å². The van der Waals surface area contributed by atoms with Gasteiger partial charge in [-0.3, -0.25) is 0 Å². The van der Waals surface area contributed by atoms with Gasteiger partial charge in [-0.25, -0.2) is 4.39 Å². The Morgan fingerprint density at radius 2 is 1.94 bits per heavy atom. The van der Waals surface area contributed by atoms with Crippen LogP contribution in [-0.2, 0) is 7.05 Å². The van der Waals surface area contributed by atoms with Crippen LogP contribution in [0.5, 0.6) is 0 Å². The lowest BCUT2D eigenvalue weighted by Crippen LogP contribution is -1.94. The molecule has 2 aromatic rings. The van der Waals surface area contributed by atoms with Gasteiger partial charge in [0.25, 0.3) is 0 Å². The van der Waals surface area contributed by atoms with Crippen molar-refractivity contribution in [3.8, 4) is 11.4 Å². The van der Waals surface area contributed by atoms with Gasteiger partial charge in [-0.15, -0.1) is 10.2 Å². The van der Waals surface area contributed by atoms with Crippen molar-refractivity contribution in [3.05, 3.63) is 30.1 Å². The lowest BCUT2D eigenvalue weighted by atomic mass is 10.2. The maximum absolute atomic E-state index is 12.8. The number of aromatic nitrogens is 3. The van der Waals surface area contributed by atoms with Crippen molar-refractivity contribution in [2.24, 2.45) is 7.05 Å². The minimum absolute atomic E-state index is 0.242. The average Bonchev–Trinajstić information content (AvgIpc) is 2.63. The van der Waals surface area contributed by atoms with Crippen molar-refractivity contribution in [1.82, 2.24) is 14.8 Å². The molecule has 16 heavy (non-hydrogen) atoms. The van der Waals surface area contributed by atoms with Crippen LogP contribution in [0.15, 0.2) is 29.4 Å². The van der Waals surface area contributed by atoms with E-state index in [0.29, 0.717) is 0 Å². The number of nitrogens with zero attached hydrogens (tertiary/aromatic N) is 3. The summed E-state index contributed by atoms with van der Waals surface area (Å²) in [7, 11) is 1.91. The number of rotatable bonds is 3. The van der Waals surface area contributed by atoms with E-state index >= 15 is 0 Å². The van der Waals surface area contributed by atoms with Gasteiger partial charge in [-0.05, 0) is 30.0 Å². The van der Waals surface area contributed by atoms with E-state index in [1.54, 1.807) is 23.9 Å². The van der Waals surface area contributed by atoms with Gasteiger partial charge in [-0.1, -0.05) is 18.7 Å². The predicted octanol–water partition coefficient (Wildman–Crippen LogP) is 2.73. The van der Waals surface area contributed by atoms with Crippen molar-refractivity contribution in [2.45, 2.75) is 12.1 Å². The van der Waals surface area contributed by atoms with Crippen molar-refractivity contribution < 1.29 is 4.39 Å². The molecule has 0 aliphatic carbocycles. The van der Waals surface area contributed by atoms with E-state index in [0.717, 1.165) is 22.3 Å². The van der Waals surface area contributed by atoms with E-state index in [2.05, 4.69) is 17.1 Å². The molecule has 3 nitrogen and oxygen atoms in total. The van der Waals surface area contributed by atoms with Gasteiger partial charge < -0.3 is 4.57 Å². The second kappa shape index (κ2) is 4.65. The molecule has 2 rings (SSSR count). The van der Waals surface area contributed by atoms with Crippen LogP contribution < -0.4 is 0 Å². The fourth-order valence-electron chi connectivity index (χ4n) is 1.42. The Balaban J connectivity index is 2.37. The smallest absolute Gasteiger partial charge is 0.191 e. The summed E-state index contributed by atoms with van der Waals surface area (Å²) >= 11 is 1.64. The normalized spacial score (nSPS) is 10.7. The third-order valence-electron chi connectivity index (χ3n) is 2.21. The Morgan fingerprint density at radius 1 is 1.25 bits per heavy atom. The zero-order chi connectivity index (χ0) is 11.5. The number of thioether (sulfide) groups is 1. The first-order valence-electron chi connectivity index (χ1n) is 5.00. The molecular weight excluding hydrogens is 225 g/mol. The summed E-state index contributed by atoms with van der Waals surface area (Å²) in [5.74, 6) is 1.47. The van der Waals surface area contributed by atoms with Gasteiger partial charge in [0.15, 0.2) is 11.0 Å². The molecule has 0 aliphatic rings. The first-order valence-corrected chi connectivity index (χ1v) is 5.99. The fraction of sp³-hybridized carbons (Fsp3) is 0.273. The van der Waals surface area contributed by atoms with Gasteiger partial charge in [0.05, 0.1) is 0 Å². The molecule has 1 heterocycles. The second-order valence-electron chi connectivity index (χ2n) is 3.31. The lowest BCUT2D eigenvalue weighted by molar-refractivity contribution is 0.628. The maximum Gasteiger partial charge on any atom is 0.191 e. The molecule has 0 saturated carbocycles. The molecule has 0 spiro atoms. The Morgan fingerprint density at radius 3 is 2.56 bits per heavy atom. The van der Waals surface area contributed by atoms with Crippen molar-refractivity contribution in [1.29, 1.82) is 0 Å². The summed E-state index contributed by atoms with van der Waals surface area (Å²) in [5, 5.41) is 9.07. The monoisotopic (exact) mass is 237 g/mol. The number of hydrogen-bond donors (Lipinski definition) is 0. The summed E-state index contributed by atoms with van der Waals surface area (Å²) in [6.45, 7) is 2.07. The number of hydrogen-bond acceptors (Lipinski definition) is 3. The highest BCUT2D eigenvalue weighted by atomic mass is 32.2. The maximum atomic E-state index is 12.8. The molecule has 0 unspecified atom stereocenters. The highest BCUT2D eigenvalue weighted by molar-refractivity contribution is 7.99. The molecular formula is C11H12FN3S. The largest absolute Gasteiger partial charge is 0.305 e. The number of halogens is 1. The molecule has 0 bridgehead atoms. The van der Waals surface area contributed by atoms with Gasteiger partial charge in [-0.2, -0.15) is 0 Å². The van der Waals surface area contributed by atoms with Crippen LogP contribution in [-0.4, -0.2) is 20.5 Å². The molecule has 1 aromatic carbocycles. The highest BCUT2D eigenvalue weighted by Crippen LogP contribution is 2.22. The summed E-state index contributed by atoms with van der Waals surface area (Å²) in [4.78, 5) is 0. The van der Waals surface area contributed by atoms with E-state index in [4.69, 9.17) is 0 Å². The zero-order valence-electron chi connectivity index (χ0n) is 9.14. The van der Waals surface area contributed by atoms with Crippen molar-refractivity contribution in [3.63, 3.8) is 0 Å². The Labute approximate surface area is 97.7 Å². The quantitative estimate of drug-likeness (QED) is 0.769. The predicted molar refractivity (Wildman–Crippen MR) is 62.8 cm³/mol. The van der Waals surface area contributed by atoms with Gasteiger partial charge in [0.1, 0.15) is 5.82 Å². The Bertz CT molecular complexity index is 478. The summed E-state index contributed by atoms with van der Waals surface area (Å²) in [6, 6.07) is 6.27. The van der Waals surface area contributed by atoms with E-state index in [-0.39, 0.29) is 5.82 Å². The molecule has 0 radical (unpaired) electrons. The molecule has 0 saturated heterocycles. The first-order chi connectivity index (χ1) is 7.72. The van der Waals surface area contributed by atoms with Crippen LogP contribution in [0.1, 0.15) is 6.92 Å². The van der Waals surface area contributed by atoms with Crippen LogP contribution in [0.25, 0.3) is 11.4 Å². The average molecular weight is 237 g/mol. The van der Waals surface area contributed by atoms with Crippen LogP contribution in [0.4, 0.5) is 4.39 Å². The molecule has 84 valence electrons. The minimum Gasteiger partial charge on any atom is -0.305 e. The Kier molecular flexibility index (Phi) is 3.24. The molecule has 0 amide bonds. The van der Waals surface area contributed by atoms with Gasteiger partial charge in [0, 0.05) is 12.6 Å². The topological polar surface area (TPSA) is 30.7 Å². The standard InChI is InChI=1S/C11H12FN3S/c1-3-16-11-14-13-10(15(11)2)8-4-6-9(12)7-5-8/h4-7H,3H2,1-2H3. The van der Waals surface area contributed by atoms with E-state index in [1.807, 2.05) is 11.6 Å². The second-order valence-corrected chi connectivity index (χ2v) is 4.54. The molecule has 0 N–H and O–H groups in total. The van der Waals surface area contributed by atoms with Crippen molar-refractivity contribution >= 4 is 11.8 Å². The zero-order valence-corrected chi connectivity index (χ0v) is 9.96. The minimum atomic E-state index is -0.242. The molecule has 0 aliphatic heterocycles. The third-order valence-corrected chi connectivity index (χ3v) is 3.11. The first kappa shape index (κ1) is 11.1. The molecule has 0 fully saturated rings. The van der Waals surface area contributed by atoms with Crippen LogP contribution in [0, 0.1) is 5.82 Å². The molecule has 0 atom stereocenters. The lowest BCUT2D eigenvalue weighted by Gasteiger charge is -2.02. The summed E-state index contributed by atoms with van der Waals surface area (Å²) < 4.78 is 14.7. The van der Waals surface area contributed by atoms with Gasteiger partial charge >= 0.3 is 0 Å². The Hall–Kier alpha value is -1.36. The summed E-state index contributed by atoms with van der Waals surface area (Å²) in [5.41, 5.74) is 0.874. The number of benzene rings is 1. The summed E-state index contributed by atoms with van der Waals surface area (Å²) in [6.07, 6.45) is 0. The third kappa shape index (κ3) is 2.09. The van der Waals surface area contributed by atoms with E-state index < -0.39 is 0 Å². The van der Waals surface area contributed by atoms with E-state index in [1.165, 1.54) is 12.1 Å². The van der Waals surface area contributed by atoms with Crippen LogP contribution in [0.3, 0.4) is 0 Å². The van der Waals surface area contributed by atoms with Crippen LogP contribution in [0.2, 0.25) is 0 Å². The van der Waals surface area contributed by atoms with Crippen molar-refractivity contribution in [2.75, 3.05) is 5.75 Å². The van der Waals surface area contributed by atoms with Crippen LogP contribution >= 0.6 is 11.8 Å².